The Hall–Kier alpha value is -2.04. The van der Waals surface area contributed by atoms with Crippen LogP contribution in [-0.4, -0.2) is 26.2 Å². The van der Waals surface area contributed by atoms with Crippen molar-refractivity contribution in [3.05, 3.63) is 30.7 Å². The molecule has 0 saturated heterocycles. The van der Waals surface area contributed by atoms with Gasteiger partial charge < -0.3 is 14.2 Å². The predicted octanol–water partition coefficient (Wildman–Crippen LogP) is 1.93. The Bertz CT molecular complexity index is 453. The molecule has 0 fully saturated rings. The van der Waals surface area contributed by atoms with Gasteiger partial charge in [0.15, 0.2) is 11.5 Å². The highest BCUT2D eigenvalue weighted by atomic mass is 16.6. The van der Waals surface area contributed by atoms with Crippen molar-refractivity contribution >= 4 is 11.9 Å². The minimum atomic E-state index is -0.592. The van der Waals surface area contributed by atoms with Crippen molar-refractivity contribution in [1.82, 2.24) is 0 Å². The van der Waals surface area contributed by atoms with E-state index < -0.39 is 11.9 Å². The third-order valence-electron chi connectivity index (χ3n) is 2.40. The van der Waals surface area contributed by atoms with E-state index in [4.69, 9.17) is 9.47 Å². The van der Waals surface area contributed by atoms with E-state index in [1.54, 1.807) is 18.2 Å². The molecule has 0 amide bonds. The molecule has 0 atom stereocenters. The summed E-state index contributed by atoms with van der Waals surface area (Å²) in [6.07, 6.45) is 0.545. The van der Waals surface area contributed by atoms with Crippen molar-refractivity contribution in [2.75, 3.05) is 14.2 Å². The summed E-state index contributed by atoms with van der Waals surface area (Å²) in [6.45, 7) is 3.52. The Kier molecular flexibility index (Phi) is 5.85. The SMILES string of the molecule is [CH2]CCC(=O)OC(=O)Cc1ccc(OC)c(OC)c1. The number of methoxy groups -OCH3 is 2. The van der Waals surface area contributed by atoms with E-state index in [0.717, 1.165) is 0 Å². The second-order valence-electron chi connectivity index (χ2n) is 3.82. The van der Waals surface area contributed by atoms with Crippen molar-refractivity contribution < 1.29 is 23.8 Å². The molecule has 0 aliphatic carbocycles. The number of rotatable bonds is 6. The molecule has 0 heterocycles. The van der Waals surface area contributed by atoms with Crippen LogP contribution in [0.25, 0.3) is 0 Å². The zero-order valence-corrected chi connectivity index (χ0v) is 11.1. The highest BCUT2D eigenvalue weighted by Crippen LogP contribution is 2.27. The lowest BCUT2D eigenvalue weighted by atomic mass is 10.1. The smallest absolute Gasteiger partial charge is 0.317 e. The Morgan fingerprint density at radius 2 is 1.79 bits per heavy atom. The molecule has 1 radical (unpaired) electrons. The standard InChI is InChI=1S/C14H17O5/c1-4-5-13(15)19-14(16)9-10-6-7-11(17-2)12(8-10)18-3/h6-8H,1,4-5,9H2,2-3H3. The lowest BCUT2D eigenvalue weighted by Gasteiger charge is -2.09. The van der Waals surface area contributed by atoms with Crippen molar-refractivity contribution in [1.29, 1.82) is 0 Å². The highest BCUT2D eigenvalue weighted by Gasteiger charge is 2.12. The summed E-state index contributed by atoms with van der Waals surface area (Å²) >= 11 is 0. The van der Waals surface area contributed by atoms with Crippen molar-refractivity contribution in [2.45, 2.75) is 19.3 Å². The van der Waals surface area contributed by atoms with Gasteiger partial charge >= 0.3 is 11.9 Å². The van der Waals surface area contributed by atoms with Crippen LogP contribution in [0, 0.1) is 6.92 Å². The van der Waals surface area contributed by atoms with Gasteiger partial charge in [0.1, 0.15) is 0 Å². The van der Waals surface area contributed by atoms with Gasteiger partial charge in [-0.25, -0.2) is 0 Å². The molecular formula is C14H17O5. The summed E-state index contributed by atoms with van der Waals surface area (Å²) in [5, 5.41) is 0. The number of carbonyl (C=O) groups excluding carboxylic acids is 2. The van der Waals surface area contributed by atoms with E-state index in [0.29, 0.717) is 23.5 Å². The van der Waals surface area contributed by atoms with Gasteiger partial charge in [0.2, 0.25) is 0 Å². The predicted molar refractivity (Wildman–Crippen MR) is 68.9 cm³/mol. The molecule has 0 aliphatic rings. The minimum Gasteiger partial charge on any atom is -0.493 e. The zero-order valence-electron chi connectivity index (χ0n) is 11.1. The van der Waals surface area contributed by atoms with Gasteiger partial charge in [0, 0.05) is 6.42 Å². The first-order valence-electron chi connectivity index (χ1n) is 5.84. The van der Waals surface area contributed by atoms with E-state index in [-0.39, 0.29) is 12.8 Å². The van der Waals surface area contributed by atoms with Gasteiger partial charge in [-0.1, -0.05) is 13.0 Å². The van der Waals surface area contributed by atoms with Crippen molar-refractivity contribution in [3.8, 4) is 11.5 Å². The number of ether oxygens (including phenoxy) is 3. The quantitative estimate of drug-likeness (QED) is 0.581. The third kappa shape index (κ3) is 4.62. The maximum absolute atomic E-state index is 11.5. The number of carbonyl (C=O) groups is 2. The molecule has 5 heteroatoms. The van der Waals surface area contributed by atoms with E-state index in [1.807, 2.05) is 0 Å². The van der Waals surface area contributed by atoms with Gasteiger partial charge in [-0.05, 0) is 24.1 Å². The Morgan fingerprint density at radius 3 is 2.37 bits per heavy atom. The third-order valence-corrected chi connectivity index (χ3v) is 2.40. The number of esters is 2. The first kappa shape index (κ1) is 15.0. The van der Waals surface area contributed by atoms with E-state index in [9.17, 15) is 9.59 Å². The van der Waals surface area contributed by atoms with Crippen LogP contribution in [0.1, 0.15) is 18.4 Å². The monoisotopic (exact) mass is 265 g/mol. The first-order chi connectivity index (χ1) is 9.10. The normalized spacial score (nSPS) is 9.84. The minimum absolute atomic E-state index is 0.00321. The van der Waals surface area contributed by atoms with E-state index in [2.05, 4.69) is 11.7 Å². The second kappa shape index (κ2) is 7.41. The van der Waals surface area contributed by atoms with Gasteiger partial charge in [0.05, 0.1) is 20.6 Å². The molecular weight excluding hydrogens is 248 g/mol. The molecule has 5 nitrogen and oxygen atoms in total. The van der Waals surface area contributed by atoms with Crippen LogP contribution in [0.15, 0.2) is 18.2 Å². The van der Waals surface area contributed by atoms with Gasteiger partial charge in [-0.15, -0.1) is 0 Å². The summed E-state index contributed by atoms with van der Waals surface area (Å²) in [4.78, 5) is 22.7. The summed E-state index contributed by atoms with van der Waals surface area (Å²) < 4.78 is 14.9. The summed E-state index contributed by atoms with van der Waals surface area (Å²) in [6, 6.07) is 5.08. The molecule has 0 unspecified atom stereocenters. The number of hydrogen-bond acceptors (Lipinski definition) is 5. The molecule has 0 bridgehead atoms. The van der Waals surface area contributed by atoms with Crippen LogP contribution < -0.4 is 9.47 Å². The van der Waals surface area contributed by atoms with E-state index in [1.165, 1.54) is 14.2 Å². The first-order valence-corrected chi connectivity index (χ1v) is 5.84. The van der Waals surface area contributed by atoms with E-state index >= 15 is 0 Å². The lowest BCUT2D eigenvalue weighted by molar-refractivity contribution is -0.159. The van der Waals surface area contributed by atoms with Crippen LogP contribution in [-0.2, 0) is 20.7 Å². The summed E-state index contributed by atoms with van der Waals surface area (Å²) in [7, 11) is 3.04. The van der Waals surface area contributed by atoms with Crippen LogP contribution in [0.5, 0.6) is 11.5 Å². The largest absolute Gasteiger partial charge is 0.493 e. The fourth-order valence-corrected chi connectivity index (χ4v) is 1.52. The van der Waals surface area contributed by atoms with Crippen molar-refractivity contribution in [2.24, 2.45) is 0 Å². The molecule has 0 aromatic heterocycles. The second-order valence-corrected chi connectivity index (χ2v) is 3.82. The molecule has 1 aromatic carbocycles. The molecule has 103 valence electrons. The van der Waals surface area contributed by atoms with Gasteiger partial charge in [-0.2, -0.15) is 0 Å². The molecule has 0 N–H and O–H groups in total. The molecule has 1 aromatic rings. The molecule has 0 saturated carbocycles. The Morgan fingerprint density at radius 1 is 1.11 bits per heavy atom. The van der Waals surface area contributed by atoms with Crippen LogP contribution >= 0.6 is 0 Å². The van der Waals surface area contributed by atoms with Gasteiger partial charge in [-0.3, -0.25) is 9.59 Å². The van der Waals surface area contributed by atoms with Crippen LogP contribution in [0.2, 0.25) is 0 Å². The summed E-state index contributed by atoms with van der Waals surface area (Å²) in [5.41, 5.74) is 0.685. The van der Waals surface area contributed by atoms with Gasteiger partial charge in [0.25, 0.3) is 0 Å². The van der Waals surface area contributed by atoms with Crippen LogP contribution in [0.3, 0.4) is 0 Å². The topological polar surface area (TPSA) is 61.8 Å². The molecule has 1 rings (SSSR count). The number of benzene rings is 1. The maximum Gasteiger partial charge on any atom is 0.317 e. The Balaban J connectivity index is 2.66. The molecule has 0 aliphatic heterocycles. The average molecular weight is 265 g/mol. The molecule has 19 heavy (non-hydrogen) atoms. The maximum atomic E-state index is 11.5. The highest BCUT2D eigenvalue weighted by molar-refractivity contribution is 5.86. The fraction of sp³-hybridized carbons (Fsp3) is 0.357. The zero-order chi connectivity index (χ0) is 14.3. The summed E-state index contributed by atoms with van der Waals surface area (Å²) in [5.74, 6) is -0.0456. The average Bonchev–Trinajstić information content (AvgIpc) is 2.38. The fourth-order valence-electron chi connectivity index (χ4n) is 1.52. The Labute approximate surface area is 112 Å². The van der Waals surface area contributed by atoms with Crippen LogP contribution in [0.4, 0.5) is 0 Å². The molecule has 0 spiro atoms. The number of hydrogen-bond donors (Lipinski definition) is 0. The lowest BCUT2D eigenvalue weighted by Crippen LogP contribution is -2.14. The van der Waals surface area contributed by atoms with Crippen molar-refractivity contribution in [3.63, 3.8) is 0 Å².